The van der Waals surface area contributed by atoms with Crippen molar-refractivity contribution in [3.63, 3.8) is 0 Å². The first-order valence-electron chi connectivity index (χ1n) is 5.59. The first kappa shape index (κ1) is 12.6. The second kappa shape index (κ2) is 5.59. The van der Waals surface area contributed by atoms with Crippen LogP contribution in [0, 0.1) is 5.41 Å². The van der Waals surface area contributed by atoms with Crippen molar-refractivity contribution in [1.82, 2.24) is 4.90 Å². The summed E-state index contributed by atoms with van der Waals surface area (Å²) in [7, 11) is 1.89. The van der Waals surface area contributed by atoms with Crippen LogP contribution in [-0.2, 0) is 4.79 Å². The molecule has 1 aliphatic carbocycles. The highest BCUT2D eigenvalue weighted by Crippen LogP contribution is 2.49. The highest BCUT2D eigenvalue weighted by atomic mass is 32.1. The van der Waals surface area contributed by atoms with Gasteiger partial charge in [-0.2, -0.15) is 12.6 Å². The smallest absolute Gasteiger partial charge is 0.222 e. The number of hydrogen-bond acceptors (Lipinski definition) is 2. The first-order valence-corrected chi connectivity index (χ1v) is 6.22. The Bertz CT molecular complexity index is 236. The fraction of sp³-hybridized carbons (Fsp3) is 0.750. The molecule has 1 aliphatic rings. The number of carbonyl (C=O) groups is 1. The van der Waals surface area contributed by atoms with E-state index in [1.54, 1.807) is 0 Å². The number of nitrogens with zero attached hydrogens (tertiary/aromatic N) is 1. The van der Waals surface area contributed by atoms with Gasteiger partial charge in [0.05, 0.1) is 0 Å². The summed E-state index contributed by atoms with van der Waals surface area (Å²) in [6.45, 7) is 4.51. The van der Waals surface area contributed by atoms with Crippen LogP contribution in [0.1, 0.15) is 32.1 Å². The number of rotatable bonds is 7. The molecule has 0 heterocycles. The third-order valence-corrected chi connectivity index (χ3v) is 3.82. The lowest BCUT2D eigenvalue weighted by molar-refractivity contribution is -0.131. The topological polar surface area (TPSA) is 20.3 Å². The van der Waals surface area contributed by atoms with Gasteiger partial charge in [0, 0.05) is 20.0 Å². The zero-order valence-electron chi connectivity index (χ0n) is 9.54. The minimum Gasteiger partial charge on any atom is -0.346 e. The average Bonchev–Trinajstić information content (AvgIpc) is 2.98. The molecular formula is C12H21NOS. The second-order valence-electron chi connectivity index (χ2n) is 4.58. The van der Waals surface area contributed by atoms with Crippen LogP contribution in [0.5, 0.6) is 0 Å². The molecule has 1 fully saturated rings. The molecule has 0 atom stereocenters. The third kappa shape index (κ3) is 3.90. The van der Waals surface area contributed by atoms with Gasteiger partial charge in [0.25, 0.3) is 0 Å². The molecule has 0 N–H and O–H groups in total. The maximum atomic E-state index is 11.8. The minimum atomic E-state index is 0.243. The Labute approximate surface area is 98.1 Å². The van der Waals surface area contributed by atoms with Crippen molar-refractivity contribution in [2.45, 2.75) is 32.1 Å². The summed E-state index contributed by atoms with van der Waals surface area (Å²) in [5.41, 5.74) is 0.243. The molecule has 0 bridgehead atoms. The number of thiol groups is 1. The van der Waals surface area contributed by atoms with E-state index in [-0.39, 0.29) is 11.3 Å². The highest BCUT2D eigenvalue weighted by Gasteiger charge is 2.43. The molecule has 1 amide bonds. The van der Waals surface area contributed by atoms with E-state index in [4.69, 9.17) is 0 Å². The summed E-state index contributed by atoms with van der Waals surface area (Å²) < 4.78 is 0. The van der Waals surface area contributed by atoms with E-state index in [0.29, 0.717) is 6.42 Å². The molecule has 1 rings (SSSR count). The van der Waals surface area contributed by atoms with Crippen LogP contribution in [0.25, 0.3) is 0 Å². The maximum Gasteiger partial charge on any atom is 0.222 e. The maximum absolute atomic E-state index is 11.8. The van der Waals surface area contributed by atoms with E-state index >= 15 is 0 Å². The van der Waals surface area contributed by atoms with Gasteiger partial charge in [-0.1, -0.05) is 6.08 Å². The molecule has 0 unspecified atom stereocenters. The fourth-order valence-corrected chi connectivity index (χ4v) is 2.05. The van der Waals surface area contributed by atoms with Crippen molar-refractivity contribution in [2.75, 3.05) is 19.3 Å². The molecule has 0 radical (unpaired) electrons. The Morgan fingerprint density at radius 3 is 2.73 bits per heavy atom. The Kier molecular flexibility index (Phi) is 4.71. The van der Waals surface area contributed by atoms with Crippen LogP contribution in [0.15, 0.2) is 12.7 Å². The standard InChI is InChI=1S/C12H21NOS/c1-3-4-5-8-13(2)11(14)9-12(10-15)6-7-12/h3,15H,1,4-10H2,2H3. The monoisotopic (exact) mass is 227 g/mol. The van der Waals surface area contributed by atoms with Gasteiger partial charge in [0.15, 0.2) is 0 Å². The number of allylic oxidation sites excluding steroid dienone is 1. The molecule has 2 nitrogen and oxygen atoms in total. The average molecular weight is 227 g/mol. The highest BCUT2D eigenvalue weighted by molar-refractivity contribution is 7.80. The molecule has 1 saturated carbocycles. The Morgan fingerprint density at radius 2 is 2.27 bits per heavy atom. The zero-order valence-corrected chi connectivity index (χ0v) is 10.4. The largest absolute Gasteiger partial charge is 0.346 e. The zero-order chi connectivity index (χ0) is 11.3. The molecule has 86 valence electrons. The van der Waals surface area contributed by atoms with Crippen LogP contribution < -0.4 is 0 Å². The van der Waals surface area contributed by atoms with E-state index in [1.807, 2.05) is 18.0 Å². The molecule has 0 saturated heterocycles. The first-order chi connectivity index (χ1) is 7.13. The van der Waals surface area contributed by atoms with Gasteiger partial charge in [0.2, 0.25) is 5.91 Å². The van der Waals surface area contributed by atoms with Gasteiger partial charge in [-0.15, -0.1) is 6.58 Å². The van der Waals surface area contributed by atoms with Crippen molar-refractivity contribution in [3.05, 3.63) is 12.7 Å². The lowest BCUT2D eigenvalue weighted by atomic mass is 10.0. The van der Waals surface area contributed by atoms with Gasteiger partial charge in [-0.05, 0) is 36.9 Å². The fourth-order valence-electron chi connectivity index (χ4n) is 1.62. The summed E-state index contributed by atoms with van der Waals surface area (Å²) in [5.74, 6) is 1.12. The summed E-state index contributed by atoms with van der Waals surface area (Å²) in [5, 5.41) is 0. The molecule has 0 spiro atoms. The predicted octanol–water partition coefficient (Wildman–Crippen LogP) is 2.51. The van der Waals surface area contributed by atoms with Gasteiger partial charge in [0.1, 0.15) is 0 Å². The van der Waals surface area contributed by atoms with Crippen LogP contribution >= 0.6 is 12.6 Å². The van der Waals surface area contributed by atoms with Gasteiger partial charge in [-0.3, -0.25) is 4.79 Å². The van der Waals surface area contributed by atoms with E-state index < -0.39 is 0 Å². The molecule has 0 aliphatic heterocycles. The van der Waals surface area contributed by atoms with E-state index in [9.17, 15) is 4.79 Å². The SMILES string of the molecule is C=CCCCN(C)C(=O)CC1(CS)CC1. The summed E-state index contributed by atoms with van der Waals surface area (Å²) >= 11 is 4.31. The minimum absolute atomic E-state index is 0.243. The van der Waals surface area contributed by atoms with Crippen molar-refractivity contribution in [3.8, 4) is 0 Å². The molecule has 3 heteroatoms. The molecule has 0 aromatic heterocycles. The number of amides is 1. The van der Waals surface area contributed by atoms with E-state index in [0.717, 1.165) is 25.1 Å². The van der Waals surface area contributed by atoms with Crippen molar-refractivity contribution in [2.24, 2.45) is 5.41 Å². The van der Waals surface area contributed by atoms with Crippen molar-refractivity contribution < 1.29 is 4.79 Å². The lowest BCUT2D eigenvalue weighted by Crippen LogP contribution is -2.30. The van der Waals surface area contributed by atoms with Crippen LogP contribution in [0.4, 0.5) is 0 Å². The molecular weight excluding hydrogens is 206 g/mol. The predicted molar refractivity (Wildman–Crippen MR) is 67.2 cm³/mol. The van der Waals surface area contributed by atoms with Crippen LogP contribution in [0.3, 0.4) is 0 Å². The van der Waals surface area contributed by atoms with E-state index in [1.165, 1.54) is 12.8 Å². The van der Waals surface area contributed by atoms with Gasteiger partial charge >= 0.3 is 0 Å². The van der Waals surface area contributed by atoms with Gasteiger partial charge in [-0.25, -0.2) is 0 Å². The Morgan fingerprint density at radius 1 is 1.60 bits per heavy atom. The van der Waals surface area contributed by atoms with E-state index in [2.05, 4.69) is 19.2 Å². The normalized spacial score (nSPS) is 17.2. The summed E-state index contributed by atoms with van der Waals surface area (Å²) in [4.78, 5) is 13.7. The van der Waals surface area contributed by atoms with Gasteiger partial charge < -0.3 is 4.90 Å². The number of hydrogen-bond donors (Lipinski definition) is 1. The molecule has 0 aromatic carbocycles. The lowest BCUT2D eigenvalue weighted by Gasteiger charge is -2.19. The Balaban J connectivity index is 2.24. The summed E-state index contributed by atoms with van der Waals surface area (Å²) in [6.07, 6.45) is 6.91. The van der Waals surface area contributed by atoms with Crippen LogP contribution in [-0.4, -0.2) is 30.2 Å². The van der Waals surface area contributed by atoms with Crippen molar-refractivity contribution in [1.29, 1.82) is 0 Å². The molecule has 0 aromatic rings. The third-order valence-electron chi connectivity index (χ3n) is 3.15. The number of unbranched alkanes of at least 4 members (excludes halogenated alkanes) is 1. The Hall–Kier alpha value is -0.440. The van der Waals surface area contributed by atoms with Crippen LogP contribution in [0.2, 0.25) is 0 Å². The van der Waals surface area contributed by atoms with Crippen molar-refractivity contribution >= 4 is 18.5 Å². The molecule has 15 heavy (non-hydrogen) atoms. The quantitative estimate of drug-likeness (QED) is 0.402. The number of carbonyl (C=O) groups excluding carboxylic acids is 1. The second-order valence-corrected chi connectivity index (χ2v) is 4.90. The summed E-state index contributed by atoms with van der Waals surface area (Å²) in [6, 6.07) is 0.